The van der Waals surface area contributed by atoms with Crippen molar-refractivity contribution in [3.8, 4) is 0 Å². The van der Waals surface area contributed by atoms with Crippen molar-refractivity contribution in [3.05, 3.63) is 32.6 Å². The summed E-state index contributed by atoms with van der Waals surface area (Å²) in [5, 5.41) is 30.9. The predicted molar refractivity (Wildman–Crippen MR) is 72.4 cm³/mol. The molecule has 122 valence electrons. The first kappa shape index (κ1) is 15.4. The molecule has 0 aromatic carbocycles. The number of hydrogen-bond acceptors (Lipinski definition) is 7. The SMILES string of the molecule is Cc1cn([C@@H]2OC3(CO)COCC[C@]3(O)C2O)c(=O)[nH]c1=O. The van der Waals surface area contributed by atoms with Gasteiger partial charge in [-0.15, -0.1) is 0 Å². The fourth-order valence-corrected chi connectivity index (χ4v) is 3.11. The maximum absolute atomic E-state index is 12.0. The molecule has 9 nitrogen and oxygen atoms in total. The molecule has 1 aromatic rings. The summed E-state index contributed by atoms with van der Waals surface area (Å²) < 4.78 is 11.9. The summed E-state index contributed by atoms with van der Waals surface area (Å²) in [5.74, 6) is 0. The highest BCUT2D eigenvalue weighted by molar-refractivity contribution is 5.14. The Morgan fingerprint density at radius 2 is 2.23 bits per heavy atom. The predicted octanol–water partition coefficient (Wildman–Crippen LogP) is -2.38. The van der Waals surface area contributed by atoms with Crippen LogP contribution in [0.1, 0.15) is 18.2 Å². The monoisotopic (exact) mass is 314 g/mol. The van der Waals surface area contributed by atoms with E-state index in [1.807, 2.05) is 0 Å². The minimum atomic E-state index is -1.74. The molecule has 2 fully saturated rings. The van der Waals surface area contributed by atoms with Crippen LogP contribution in [-0.2, 0) is 9.47 Å². The first-order chi connectivity index (χ1) is 10.3. The van der Waals surface area contributed by atoms with Crippen LogP contribution in [-0.4, -0.2) is 62.0 Å². The molecular weight excluding hydrogens is 296 g/mol. The lowest BCUT2D eigenvalue weighted by molar-refractivity contribution is -0.226. The molecule has 3 heterocycles. The van der Waals surface area contributed by atoms with Crippen LogP contribution in [0.3, 0.4) is 0 Å². The van der Waals surface area contributed by atoms with Gasteiger partial charge in [-0.2, -0.15) is 0 Å². The smallest absolute Gasteiger partial charge is 0.330 e. The number of aromatic nitrogens is 2. The van der Waals surface area contributed by atoms with E-state index in [2.05, 4.69) is 4.98 Å². The van der Waals surface area contributed by atoms with Crippen LogP contribution in [0.25, 0.3) is 0 Å². The van der Waals surface area contributed by atoms with Gasteiger partial charge >= 0.3 is 5.69 Å². The highest BCUT2D eigenvalue weighted by Gasteiger charge is 2.66. The first-order valence-electron chi connectivity index (χ1n) is 6.93. The van der Waals surface area contributed by atoms with Crippen LogP contribution in [0.5, 0.6) is 0 Å². The molecular formula is C13H18N2O7. The molecule has 0 bridgehead atoms. The van der Waals surface area contributed by atoms with Crippen molar-refractivity contribution in [3.63, 3.8) is 0 Å². The lowest BCUT2D eigenvalue weighted by Gasteiger charge is -2.43. The molecule has 2 saturated heterocycles. The molecule has 22 heavy (non-hydrogen) atoms. The number of aliphatic hydroxyl groups excluding tert-OH is 2. The van der Waals surface area contributed by atoms with E-state index in [1.165, 1.54) is 13.1 Å². The van der Waals surface area contributed by atoms with Crippen LogP contribution in [0.15, 0.2) is 15.8 Å². The number of rotatable bonds is 2. The first-order valence-corrected chi connectivity index (χ1v) is 6.93. The molecule has 3 rings (SSSR count). The van der Waals surface area contributed by atoms with E-state index in [0.29, 0.717) is 0 Å². The van der Waals surface area contributed by atoms with Gasteiger partial charge in [-0.25, -0.2) is 4.79 Å². The fraction of sp³-hybridized carbons (Fsp3) is 0.692. The van der Waals surface area contributed by atoms with Crippen molar-refractivity contribution in [2.75, 3.05) is 19.8 Å². The Kier molecular flexibility index (Phi) is 3.49. The normalized spacial score (nSPS) is 38.0. The van der Waals surface area contributed by atoms with Gasteiger partial charge in [0.1, 0.15) is 17.3 Å². The molecule has 2 unspecified atom stereocenters. The molecule has 0 amide bonds. The van der Waals surface area contributed by atoms with Gasteiger partial charge < -0.3 is 24.8 Å². The number of H-pyrrole nitrogens is 1. The average Bonchev–Trinajstić information content (AvgIpc) is 2.73. The van der Waals surface area contributed by atoms with Gasteiger partial charge in [-0.05, 0) is 6.92 Å². The summed E-state index contributed by atoms with van der Waals surface area (Å²) in [6.45, 7) is 1.02. The number of ether oxygens (including phenoxy) is 2. The third-order valence-corrected chi connectivity index (χ3v) is 4.53. The topological polar surface area (TPSA) is 134 Å². The Morgan fingerprint density at radius 3 is 2.86 bits per heavy atom. The second-order valence-electron chi connectivity index (χ2n) is 5.81. The van der Waals surface area contributed by atoms with Crippen molar-refractivity contribution in [1.82, 2.24) is 9.55 Å². The maximum atomic E-state index is 12.0. The molecule has 4 N–H and O–H groups in total. The maximum Gasteiger partial charge on any atom is 0.330 e. The van der Waals surface area contributed by atoms with Gasteiger partial charge in [0.2, 0.25) is 0 Å². The summed E-state index contributed by atoms with van der Waals surface area (Å²) >= 11 is 0. The summed E-state index contributed by atoms with van der Waals surface area (Å²) in [7, 11) is 0. The average molecular weight is 314 g/mol. The lowest BCUT2D eigenvalue weighted by Crippen LogP contribution is -2.63. The number of hydrogen-bond donors (Lipinski definition) is 4. The van der Waals surface area contributed by atoms with Crippen molar-refractivity contribution in [2.24, 2.45) is 0 Å². The van der Waals surface area contributed by atoms with Crippen LogP contribution in [0.2, 0.25) is 0 Å². The Bertz CT molecular complexity index is 692. The van der Waals surface area contributed by atoms with E-state index in [9.17, 15) is 24.9 Å². The van der Waals surface area contributed by atoms with Crippen LogP contribution < -0.4 is 11.2 Å². The quantitative estimate of drug-likeness (QED) is 0.479. The van der Waals surface area contributed by atoms with Gasteiger partial charge in [0, 0.05) is 24.8 Å². The molecule has 0 spiro atoms. The van der Waals surface area contributed by atoms with Crippen molar-refractivity contribution >= 4 is 0 Å². The zero-order chi connectivity index (χ0) is 16.1. The lowest BCUT2D eigenvalue weighted by atomic mass is 9.77. The highest BCUT2D eigenvalue weighted by atomic mass is 16.6. The summed E-state index contributed by atoms with van der Waals surface area (Å²) in [5.41, 5.74) is -4.31. The van der Waals surface area contributed by atoms with Crippen LogP contribution >= 0.6 is 0 Å². The van der Waals surface area contributed by atoms with Gasteiger partial charge in [0.15, 0.2) is 6.23 Å². The zero-order valence-electron chi connectivity index (χ0n) is 12.0. The third-order valence-electron chi connectivity index (χ3n) is 4.53. The van der Waals surface area contributed by atoms with Gasteiger partial charge in [-0.1, -0.05) is 0 Å². The summed E-state index contributed by atoms with van der Waals surface area (Å²) in [6, 6.07) is 0. The van der Waals surface area contributed by atoms with E-state index in [0.717, 1.165) is 4.57 Å². The Balaban J connectivity index is 2.09. The van der Waals surface area contributed by atoms with E-state index >= 15 is 0 Å². The molecule has 1 aromatic heterocycles. The van der Waals surface area contributed by atoms with E-state index in [1.54, 1.807) is 0 Å². The van der Waals surface area contributed by atoms with Gasteiger partial charge in [0.25, 0.3) is 5.56 Å². The standard InChI is InChI=1S/C13H18N2O7/c1-7-4-15(11(19)14-9(7)18)10-8(17)13(20)2-3-21-6-12(13,5-16)22-10/h4,8,10,16-17,20H,2-3,5-6H2,1H3,(H,14,18,19)/t8?,10-,12?,13+/m1/s1. The largest absolute Gasteiger partial charge is 0.393 e. The van der Waals surface area contributed by atoms with Crippen molar-refractivity contribution in [1.29, 1.82) is 0 Å². The van der Waals surface area contributed by atoms with Crippen molar-refractivity contribution in [2.45, 2.75) is 36.9 Å². The third kappa shape index (κ3) is 1.90. The Hall–Kier alpha value is -1.52. The van der Waals surface area contributed by atoms with Gasteiger partial charge in [-0.3, -0.25) is 14.3 Å². The number of aromatic amines is 1. The minimum absolute atomic E-state index is 0.0578. The van der Waals surface area contributed by atoms with E-state index in [4.69, 9.17) is 9.47 Å². The van der Waals surface area contributed by atoms with Gasteiger partial charge in [0.05, 0.1) is 13.2 Å². The molecule has 0 saturated carbocycles. The molecule has 9 heteroatoms. The number of fused-ring (bicyclic) bond motifs is 1. The van der Waals surface area contributed by atoms with Crippen LogP contribution in [0, 0.1) is 6.92 Å². The second-order valence-corrected chi connectivity index (χ2v) is 5.81. The molecule has 2 aliphatic heterocycles. The number of nitrogens with zero attached hydrogens (tertiary/aromatic N) is 1. The van der Waals surface area contributed by atoms with E-state index in [-0.39, 0.29) is 25.2 Å². The van der Waals surface area contributed by atoms with Crippen LogP contribution in [0.4, 0.5) is 0 Å². The number of nitrogens with one attached hydrogen (secondary N) is 1. The molecule has 0 aliphatic carbocycles. The van der Waals surface area contributed by atoms with E-state index < -0.39 is 41.4 Å². The highest BCUT2D eigenvalue weighted by Crippen LogP contribution is 2.48. The zero-order valence-corrected chi connectivity index (χ0v) is 12.0. The van der Waals surface area contributed by atoms with Crippen molar-refractivity contribution < 1.29 is 24.8 Å². The minimum Gasteiger partial charge on any atom is -0.393 e. The number of aliphatic hydroxyl groups is 3. The number of aryl methyl sites for hydroxylation is 1. The summed E-state index contributed by atoms with van der Waals surface area (Å²) in [6.07, 6.45) is -1.38. The Morgan fingerprint density at radius 1 is 1.50 bits per heavy atom. The molecule has 4 atom stereocenters. The molecule has 0 radical (unpaired) electrons. The second kappa shape index (κ2) is 5.00. The molecule has 2 aliphatic rings. The fourth-order valence-electron chi connectivity index (χ4n) is 3.11. The summed E-state index contributed by atoms with van der Waals surface area (Å²) in [4.78, 5) is 25.5. The Labute approximate surface area is 124 Å².